The lowest BCUT2D eigenvalue weighted by molar-refractivity contribution is 0.202. The van der Waals surface area contributed by atoms with Crippen LogP contribution < -0.4 is 0 Å². The largest absolute Gasteiger partial charge is 0.467 e. The van der Waals surface area contributed by atoms with Crippen molar-refractivity contribution < 1.29 is 4.74 Å². The topological polar surface area (TPSA) is 21.6 Å². The molecule has 1 aliphatic rings. The van der Waals surface area contributed by atoms with E-state index in [9.17, 15) is 0 Å². The van der Waals surface area contributed by atoms with Gasteiger partial charge >= 0.3 is 0 Å². The Kier molecular flexibility index (Phi) is 3.78. The first-order valence-electron chi connectivity index (χ1n) is 7.85. The number of ether oxygens (including phenoxy) is 1. The van der Waals surface area contributed by atoms with E-state index < -0.39 is 0 Å². The van der Waals surface area contributed by atoms with Gasteiger partial charge in [-0.3, -0.25) is 0 Å². The third kappa shape index (κ3) is 2.92. The van der Waals surface area contributed by atoms with Crippen LogP contribution in [0.4, 0.5) is 0 Å². The summed E-state index contributed by atoms with van der Waals surface area (Å²) in [5.74, 6) is 0.752. The second kappa shape index (κ2) is 5.60. The Hall–Kier alpha value is -2.09. The third-order valence-electron chi connectivity index (χ3n) is 4.12. The van der Waals surface area contributed by atoms with Gasteiger partial charge in [0.25, 0.3) is 0 Å². The summed E-state index contributed by atoms with van der Waals surface area (Å²) >= 11 is 0. The summed E-state index contributed by atoms with van der Waals surface area (Å²) in [5, 5.41) is 0. The van der Waals surface area contributed by atoms with Crippen LogP contribution in [0.2, 0.25) is 0 Å². The fourth-order valence-electron chi connectivity index (χ4n) is 2.75. The zero-order valence-corrected chi connectivity index (χ0v) is 13.7. The zero-order valence-electron chi connectivity index (χ0n) is 13.7. The van der Waals surface area contributed by atoms with Crippen LogP contribution in [0.25, 0.3) is 0 Å². The summed E-state index contributed by atoms with van der Waals surface area (Å²) < 4.78 is 6.12. The molecule has 22 heavy (non-hydrogen) atoms. The summed E-state index contributed by atoms with van der Waals surface area (Å²) in [7, 11) is 0. The number of hydrogen-bond acceptors (Lipinski definition) is 2. The van der Waals surface area contributed by atoms with Crippen LogP contribution in [0.5, 0.6) is 0 Å². The van der Waals surface area contributed by atoms with Gasteiger partial charge in [0.05, 0.1) is 6.04 Å². The maximum Gasteiger partial charge on any atom is 0.217 e. The quantitative estimate of drug-likeness (QED) is 0.772. The van der Waals surface area contributed by atoms with Gasteiger partial charge in [-0.25, -0.2) is 4.99 Å². The molecule has 1 heterocycles. The first-order valence-corrected chi connectivity index (χ1v) is 7.85. The average molecular weight is 293 g/mol. The Morgan fingerprint density at radius 3 is 2.14 bits per heavy atom. The van der Waals surface area contributed by atoms with Gasteiger partial charge in [0, 0.05) is 5.56 Å². The van der Waals surface area contributed by atoms with Gasteiger partial charge in [-0.15, -0.1) is 0 Å². The van der Waals surface area contributed by atoms with Crippen molar-refractivity contribution in [2.75, 3.05) is 0 Å². The Morgan fingerprint density at radius 1 is 0.909 bits per heavy atom. The molecule has 2 aromatic rings. The molecule has 0 aromatic heterocycles. The standard InChI is InChI=1S/C20H23NO/c1-14-18(15-8-6-5-7-9-15)22-19(21-14)16-10-12-17(13-11-16)20(2,3)4/h5-14,18H,1-4H3/t14-,18+/m1/s1. The zero-order chi connectivity index (χ0) is 15.7. The van der Waals surface area contributed by atoms with E-state index >= 15 is 0 Å². The van der Waals surface area contributed by atoms with Crippen molar-refractivity contribution in [3.8, 4) is 0 Å². The molecule has 2 heteroatoms. The van der Waals surface area contributed by atoms with Crippen molar-refractivity contribution in [3.05, 3.63) is 71.3 Å². The lowest BCUT2D eigenvalue weighted by atomic mass is 9.87. The van der Waals surface area contributed by atoms with E-state index in [1.54, 1.807) is 0 Å². The van der Waals surface area contributed by atoms with Crippen LogP contribution in [0.15, 0.2) is 59.6 Å². The van der Waals surface area contributed by atoms with Crippen molar-refractivity contribution in [3.63, 3.8) is 0 Å². The van der Waals surface area contributed by atoms with Crippen LogP contribution in [0, 0.1) is 0 Å². The van der Waals surface area contributed by atoms with Gasteiger partial charge in [-0.2, -0.15) is 0 Å². The molecule has 2 aromatic carbocycles. The molecule has 114 valence electrons. The van der Waals surface area contributed by atoms with Gasteiger partial charge in [0.2, 0.25) is 5.90 Å². The molecule has 0 fully saturated rings. The van der Waals surface area contributed by atoms with E-state index in [0.717, 1.165) is 11.5 Å². The van der Waals surface area contributed by atoms with Crippen LogP contribution in [-0.4, -0.2) is 11.9 Å². The first-order chi connectivity index (χ1) is 10.4. The highest BCUT2D eigenvalue weighted by molar-refractivity contribution is 5.95. The molecule has 2 nitrogen and oxygen atoms in total. The van der Waals surface area contributed by atoms with E-state index in [1.165, 1.54) is 11.1 Å². The van der Waals surface area contributed by atoms with Crippen molar-refractivity contribution in [1.82, 2.24) is 0 Å². The van der Waals surface area contributed by atoms with Crippen LogP contribution in [0.3, 0.4) is 0 Å². The normalized spacial score (nSPS) is 21.4. The van der Waals surface area contributed by atoms with Gasteiger partial charge in [0.15, 0.2) is 0 Å². The molecule has 0 radical (unpaired) electrons. The maximum absolute atomic E-state index is 6.12. The second-order valence-corrected chi connectivity index (χ2v) is 6.95. The molecular weight excluding hydrogens is 270 g/mol. The number of hydrogen-bond donors (Lipinski definition) is 0. The lowest BCUT2D eigenvalue weighted by Crippen LogP contribution is -2.12. The molecule has 0 saturated carbocycles. The Balaban J connectivity index is 1.81. The summed E-state index contributed by atoms with van der Waals surface area (Å²) in [6.45, 7) is 8.77. The van der Waals surface area contributed by atoms with E-state index in [4.69, 9.17) is 9.73 Å². The average Bonchev–Trinajstić information content (AvgIpc) is 2.89. The molecule has 0 N–H and O–H groups in total. The second-order valence-electron chi connectivity index (χ2n) is 6.95. The predicted octanol–water partition coefficient (Wildman–Crippen LogP) is 4.89. The molecule has 0 amide bonds. The highest BCUT2D eigenvalue weighted by Crippen LogP contribution is 2.31. The Bertz CT molecular complexity index is 665. The number of nitrogens with zero attached hydrogens (tertiary/aromatic N) is 1. The molecule has 0 unspecified atom stereocenters. The monoisotopic (exact) mass is 293 g/mol. The smallest absolute Gasteiger partial charge is 0.217 e. The number of benzene rings is 2. The van der Waals surface area contributed by atoms with E-state index in [2.05, 4.69) is 64.1 Å². The highest BCUT2D eigenvalue weighted by atomic mass is 16.5. The molecule has 0 saturated heterocycles. The van der Waals surface area contributed by atoms with E-state index in [0.29, 0.717) is 0 Å². The van der Waals surface area contributed by atoms with Crippen LogP contribution in [0.1, 0.15) is 50.5 Å². The summed E-state index contributed by atoms with van der Waals surface area (Å²) in [4.78, 5) is 4.70. The van der Waals surface area contributed by atoms with Gasteiger partial charge in [0.1, 0.15) is 6.10 Å². The van der Waals surface area contributed by atoms with E-state index in [-0.39, 0.29) is 17.6 Å². The molecule has 0 spiro atoms. The first kappa shape index (κ1) is 14.8. The number of aliphatic imine (C=N–C) groups is 1. The molecule has 2 atom stereocenters. The highest BCUT2D eigenvalue weighted by Gasteiger charge is 2.29. The van der Waals surface area contributed by atoms with Crippen molar-refractivity contribution >= 4 is 5.90 Å². The van der Waals surface area contributed by atoms with Crippen LogP contribution in [-0.2, 0) is 10.2 Å². The molecule has 0 aliphatic carbocycles. The summed E-state index contributed by atoms with van der Waals surface area (Å²) in [5.41, 5.74) is 3.72. The maximum atomic E-state index is 6.12. The molecule has 1 aliphatic heterocycles. The number of rotatable bonds is 2. The van der Waals surface area contributed by atoms with E-state index in [1.807, 2.05) is 18.2 Å². The lowest BCUT2D eigenvalue weighted by Gasteiger charge is -2.19. The van der Waals surface area contributed by atoms with Gasteiger partial charge in [-0.05, 0) is 35.6 Å². The van der Waals surface area contributed by atoms with Gasteiger partial charge < -0.3 is 4.74 Å². The minimum atomic E-state index is 0.0125. The Morgan fingerprint density at radius 2 is 1.55 bits per heavy atom. The van der Waals surface area contributed by atoms with Crippen LogP contribution >= 0.6 is 0 Å². The third-order valence-corrected chi connectivity index (χ3v) is 4.12. The summed E-state index contributed by atoms with van der Waals surface area (Å²) in [6, 6.07) is 19.0. The van der Waals surface area contributed by atoms with Gasteiger partial charge in [-0.1, -0.05) is 63.2 Å². The molecule has 3 rings (SSSR count). The van der Waals surface area contributed by atoms with Crippen molar-refractivity contribution in [1.29, 1.82) is 0 Å². The SMILES string of the molecule is C[C@H]1N=C(c2ccc(C(C)(C)C)cc2)O[C@@H]1c1ccccc1. The minimum absolute atomic E-state index is 0.0125. The van der Waals surface area contributed by atoms with Crippen molar-refractivity contribution in [2.45, 2.75) is 45.3 Å². The molecular formula is C20H23NO. The predicted molar refractivity (Wildman–Crippen MR) is 91.4 cm³/mol. The van der Waals surface area contributed by atoms with Crippen molar-refractivity contribution in [2.24, 2.45) is 4.99 Å². The fraction of sp³-hybridized carbons (Fsp3) is 0.350. The minimum Gasteiger partial charge on any atom is -0.467 e. The Labute approximate surface area is 132 Å². The summed E-state index contributed by atoms with van der Waals surface area (Å²) in [6.07, 6.45) is 0.0125. The molecule has 0 bridgehead atoms. The fourth-order valence-corrected chi connectivity index (χ4v) is 2.75.